The van der Waals surface area contributed by atoms with E-state index in [1.807, 2.05) is 48.9 Å². The Balaban J connectivity index is 1.78. The molecule has 4 rings (SSSR count). The van der Waals surface area contributed by atoms with Crippen LogP contribution in [0.4, 0.5) is 5.69 Å². The number of nitrogens with zero attached hydrogens (tertiary/aromatic N) is 4. The van der Waals surface area contributed by atoms with Crippen LogP contribution in [0.5, 0.6) is 17.2 Å². The molecule has 2 aromatic heterocycles. The third-order valence-electron chi connectivity index (χ3n) is 5.15. The highest BCUT2D eigenvalue weighted by Crippen LogP contribution is 2.41. The molecule has 0 aliphatic rings. The minimum Gasteiger partial charge on any atom is -0.493 e. The van der Waals surface area contributed by atoms with E-state index in [1.165, 1.54) is 0 Å². The van der Waals surface area contributed by atoms with Crippen molar-refractivity contribution in [1.82, 2.24) is 14.1 Å². The third-order valence-corrected chi connectivity index (χ3v) is 6.25. The lowest BCUT2D eigenvalue weighted by Crippen LogP contribution is -2.17. The van der Waals surface area contributed by atoms with E-state index in [0.717, 1.165) is 41.3 Å². The molecule has 0 fully saturated rings. The smallest absolute Gasteiger partial charge is 0.203 e. The Morgan fingerprint density at radius 2 is 1.82 bits per heavy atom. The number of hydrogen-bond donors (Lipinski definition) is 0. The number of aryl methyl sites for hydroxylation is 1. The molecule has 33 heavy (non-hydrogen) atoms. The van der Waals surface area contributed by atoms with E-state index in [1.54, 1.807) is 38.9 Å². The van der Waals surface area contributed by atoms with E-state index in [9.17, 15) is 0 Å². The van der Waals surface area contributed by atoms with Crippen LogP contribution in [-0.2, 0) is 13.1 Å². The van der Waals surface area contributed by atoms with Crippen LogP contribution in [-0.4, -0.2) is 35.4 Å². The zero-order chi connectivity index (χ0) is 23.2. The number of aromatic nitrogens is 3. The molecule has 2 aromatic carbocycles. The number of methoxy groups -OCH3 is 3. The maximum absolute atomic E-state index is 6.18. The van der Waals surface area contributed by atoms with E-state index >= 15 is 0 Å². The molecule has 7 nitrogen and oxygen atoms in total. The molecule has 0 spiro atoms. The summed E-state index contributed by atoms with van der Waals surface area (Å²) in [5, 5.41) is 2.76. The Kier molecular flexibility index (Phi) is 7.36. The number of thiazole rings is 1. The number of imidazole rings is 1. The van der Waals surface area contributed by atoms with Crippen molar-refractivity contribution in [2.45, 2.75) is 19.5 Å². The molecule has 4 aromatic rings. The molecule has 0 unspecified atom stereocenters. The van der Waals surface area contributed by atoms with Gasteiger partial charge in [0, 0.05) is 41.4 Å². The Bertz CT molecular complexity index is 1260. The summed E-state index contributed by atoms with van der Waals surface area (Å²) in [6.07, 6.45) is 6.50. The van der Waals surface area contributed by atoms with Crippen molar-refractivity contribution in [3.63, 3.8) is 0 Å². The summed E-state index contributed by atoms with van der Waals surface area (Å²) in [6.45, 7) is 1.63. The molecule has 0 radical (unpaired) electrons. The van der Waals surface area contributed by atoms with Crippen LogP contribution in [0.25, 0.3) is 11.3 Å². The summed E-state index contributed by atoms with van der Waals surface area (Å²) in [5.41, 5.74) is 2.78. The normalized spacial score (nSPS) is 11.6. The van der Waals surface area contributed by atoms with Crippen LogP contribution in [0.1, 0.15) is 6.42 Å². The van der Waals surface area contributed by atoms with Crippen molar-refractivity contribution in [2.75, 3.05) is 21.3 Å². The molecule has 0 aliphatic heterocycles. The average molecular weight is 485 g/mol. The van der Waals surface area contributed by atoms with Gasteiger partial charge in [-0.15, -0.1) is 11.3 Å². The third kappa shape index (κ3) is 5.23. The highest BCUT2D eigenvalue weighted by molar-refractivity contribution is 7.07. The molecule has 172 valence electrons. The first-order chi connectivity index (χ1) is 16.1. The molecule has 0 aliphatic carbocycles. The van der Waals surface area contributed by atoms with Crippen molar-refractivity contribution < 1.29 is 14.2 Å². The molecule has 2 heterocycles. The minimum absolute atomic E-state index is 0.564. The zero-order valence-electron chi connectivity index (χ0n) is 18.7. The van der Waals surface area contributed by atoms with E-state index < -0.39 is 0 Å². The molecule has 0 saturated heterocycles. The monoisotopic (exact) mass is 484 g/mol. The second kappa shape index (κ2) is 10.6. The van der Waals surface area contributed by atoms with Gasteiger partial charge < -0.3 is 23.3 Å². The first-order valence-corrected chi connectivity index (χ1v) is 11.6. The maximum atomic E-state index is 6.18. The standard InChI is InChI=1S/C24H25ClN4O3S/c1-30-21-12-17(13-22(31-2)23(21)32-3)20-15-33-24(27-19-7-4-6-18(25)14-19)29(20)10-5-9-28-11-8-26-16-28/h4,6-8,11-16H,5,9-10H2,1-3H3. The number of rotatable bonds is 9. The quantitative estimate of drug-likeness (QED) is 0.318. The van der Waals surface area contributed by atoms with E-state index in [4.69, 9.17) is 30.8 Å². The molecule has 0 N–H and O–H groups in total. The van der Waals surface area contributed by atoms with Crippen LogP contribution >= 0.6 is 22.9 Å². The summed E-state index contributed by atoms with van der Waals surface area (Å²) in [4.78, 5) is 9.88. The van der Waals surface area contributed by atoms with Crippen molar-refractivity contribution >= 4 is 28.6 Å². The maximum Gasteiger partial charge on any atom is 0.203 e. The highest BCUT2D eigenvalue weighted by atomic mass is 35.5. The van der Waals surface area contributed by atoms with E-state index in [-0.39, 0.29) is 0 Å². The summed E-state index contributed by atoms with van der Waals surface area (Å²) in [6, 6.07) is 11.5. The Hall–Kier alpha value is -3.23. The zero-order valence-corrected chi connectivity index (χ0v) is 20.3. The molecule has 0 saturated carbocycles. The first-order valence-electron chi connectivity index (χ1n) is 10.4. The lowest BCUT2D eigenvalue weighted by atomic mass is 10.1. The number of ether oxygens (including phenoxy) is 3. The van der Waals surface area contributed by atoms with Crippen LogP contribution in [0.3, 0.4) is 0 Å². The van der Waals surface area contributed by atoms with Gasteiger partial charge in [-0.05, 0) is 36.8 Å². The van der Waals surface area contributed by atoms with Gasteiger partial charge in [-0.25, -0.2) is 9.98 Å². The highest BCUT2D eigenvalue weighted by Gasteiger charge is 2.17. The van der Waals surface area contributed by atoms with E-state index in [0.29, 0.717) is 22.3 Å². The lowest BCUT2D eigenvalue weighted by Gasteiger charge is -2.15. The van der Waals surface area contributed by atoms with Crippen LogP contribution in [0.2, 0.25) is 5.02 Å². The van der Waals surface area contributed by atoms with E-state index in [2.05, 4.69) is 19.5 Å². The molecular weight excluding hydrogens is 460 g/mol. The van der Waals surface area contributed by atoms with Crippen LogP contribution in [0, 0.1) is 0 Å². The SMILES string of the molecule is COc1cc(-c2csc(=Nc3cccc(Cl)c3)n2CCCn2ccnc2)cc(OC)c1OC. The van der Waals surface area contributed by atoms with Gasteiger partial charge in [0.2, 0.25) is 5.75 Å². The van der Waals surface area contributed by atoms with Gasteiger partial charge in [0.25, 0.3) is 0 Å². The first kappa shape index (κ1) is 22.9. The Morgan fingerprint density at radius 1 is 1.03 bits per heavy atom. The Labute approximate surface area is 201 Å². The largest absolute Gasteiger partial charge is 0.493 e. The average Bonchev–Trinajstić information content (AvgIpc) is 3.48. The van der Waals surface area contributed by atoms with Gasteiger partial charge in [-0.3, -0.25) is 0 Å². The second-order valence-electron chi connectivity index (χ2n) is 7.21. The van der Waals surface area contributed by atoms with Crippen LogP contribution in [0.15, 0.2) is 65.5 Å². The number of hydrogen-bond acceptors (Lipinski definition) is 6. The summed E-state index contributed by atoms with van der Waals surface area (Å²) in [7, 11) is 4.84. The second-order valence-corrected chi connectivity index (χ2v) is 8.49. The fraction of sp³-hybridized carbons (Fsp3) is 0.250. The van der Waals surface area contributed by atoms with Crippen molar-refractivity contribution in [1.29, 1.82) is 0 Å². The fourth-order valence-corrected chi connectivity index (χ4v) is 4.72. The molecule has 9 heteroatoms. The fourth-order valence-electron chi connectivity index (χ4n) is 3.58. The van der Waals surface area contributed by atoms with Crippen molar-refractivity contribution in [2.24, 2.45) is 4.99 Å². The topological polar surface area (TPSA) is 62.8 Å². The van der Waals surface area contributed by atoms with Gasteiger partial charge in [0.1, 0.15) is 0 Å². The lowest BCUT2D eigenvalue weighted by molar-refractivity contribution is 0.324. The summed E-state index contributed by atoms with van der Waals surface area (Å²) < 4.78 is 20.9. The molecular formula is C24H25ClN4O3S. The van der Waals surface area contributed by atoms with Gasteiger partial charge in [-0.1, -0.05) is 17.7 Å². The predicted octanol–water partition coefficient (Wildman–Crippen LogP) is 5.42. The van der Waals surface area contributed by atoms with Gasteiger partial charge in [0.15, 0.2) is 16.3 Å². The summed E-state index contributed by atoms with van der Waals surface area (Å²) >= 11 is 7.75. The van der Waals surface area contributed by atoms with Crippen molar-refractivity contribution in [3.05, 3.63) is 70.3 Å². The molecule has 0 bridgehead atoms. The van der Waals surface area contributed by atoms with Gasteiger partial charge in [-0.2, -0.15) is 0 Å². The molecule has 0 atom stereocenters. The molecule has 0 amide bonds. The summed E-state index contributed by atoms with van der Waals surface area (Å²) in [5.74, 6) is 1.78. The van der Waals surface area contributed by atoms with Crippen LogP contribution < -0.4 is 19.0 Å². The van der Waals surface area contributed by atoms with Gasteiger partial charge >= 0.3 is 0 Å². The predicted molar refractivity (Wildman–Crippen MR) is 131 cm³/mol. The Morgan fingerprint density at radius 3 is 2.45 bits per heavy atom. The number of benzene rings is 2. The van der Waals surface area contributed by atoms with Gasteiger partial charge in [0.05, 0.1) is 39.0 Å². The number of halogens is 1. The minimum atomic E-state index is 0.564. The van der Waals surface area contributed by atoms with Crippen molar-refractivity contribution in [3.8, 4) is 28.5 Å².